The molecule has 1 aliphatic heterocycles. The second kappa shape index (κ2) is 9.89. The molecule has 0 aliphatic carbocycles. The second-order valence-electron chi connectivity index (χ2n) is 6.92. The first-order chi connectivity index (χ1) is 14.1. The summed E-state index contributed by atoms with van der Waals surface area (Å²) in [6.45, 7) is 4.30. The van der Waals surface area contributed by atoms with E-state index in [-0.39, 0.29) is 0 Å². The lowest BCUT2D eigenvalue weighted by atomic mass is 9.98. The third kappa shape index (κ3) is 5.45. The summed E-state index contributed by atoms with van der Waals surface area (Å²) >= 11 is 0. The van der Waals surface area contributed by atoms with Crippen LogP contribution in [0.5, 0.6) is 5.75 Å². The summed E-state index contributed by atoms with van der Waals surface area (Å²) in [6, 6.07) is 15.8. The zero-order chi connectivity index (χ0) is 20.6. The number of carboxylic acids is 1. The minimum absolute atomic E-state index is 0.381. The molecule has 0 saturated heterocycles. The van der Waals surface area contributed by atoms with Crippen molar-refractivity contribution in [2.75, 3.05) is 33.4 Å². The number of rotatable bonds is 8. The van der Waals surface area contributed by atoms with E-state index < -0.39 is 5.97 Å². The summed E-state index contributed by atoms with van der Waals surface area (Å²) in [7, 11) is 1.64. The summed E-state index contributed by atoms with van der Waals surface area (Å²) in [5.41, 5.74) is 4.19. The van der Waals surface area contributed by atoms with Gasteiger partial charge in [0.2, 0.25) is 0 Å². The van der Waals surface area contributed by atoms with Gasteiger partial charge in [-0.25, -0.2) is 4.79 Å². The largest absolute Gasteiger partial charge is 0.497 e. The Balaban J connectivity index is 1.73. The van der Waals surface area contributed by atoms with E-state index in [9.17, 15) is 4.79 Å². The molecule has 29 heavy (non-hydrogen) atoms. The molecule has 1 aliphatic rings. The van der Waals surface area contributed by atoms with Gasteiger partial charge in [-0.15, -0.1) is 0 Å². The van der Waals surface area contributed by atoms with E-state index in [0.29, 0.717) is 25.3 Å². The molecule has 0 saturated carbocycles. The Kier molecular flexibility index (Phi) is 7.03. The predicted octanol–water partition coefficient (Wildman–Crippen LogP) is 3.49. The molecule has 0 atom stereocenters. The molecular formula is C23H26N2O4. The van der Waals surface area contributed by atoms with E-state index in [2.05, 4.69) is 10.1 Å². The van der Waals surface area contributed by atoms with Crippen LogP contribution in [0.1, 0.15) is 23.1 Å². The number of hydrogen-bond acceptors (Lipinski definition) is 5. The van der Waals surface area contributed by atoms with E-state index in [1.54, 1.807) is 13.2 Å². The number of methoxy groups -OCH3 is 1. The van der Waals surface area contributed by atoms with Crippen LogP contribution < -0.4 is 4.74 Å². The number of nitrogens with zero attached hydrogens (tertiary/aromatic N) is 2. The van der Waals surface area contributed by atoms with E-state index >= 15 is 0 Å². The van der Waals surface area contributed by atoms with Gasteiger partial charge in [0.05, 0.1) is 7.11 Å². The van der Waals surface area contributed by atoms with Crippen molar-refractivity contribution >= 4 is 11.7 Å². The van der Waals surface area contributed by atoms with Crippen LogP contribution in [0.3, 0.4) is 0 Å². The van der Waals surface area contributed by atoms with Crippen LogP contribution in [0.2, 0.25) is 0 Å². The van der Waals surface area contributed by atoms with Crippen molar-refractivity contribution in [3.8, 4) is 5.75 Å². The number of benzene rings is 2. The standard InChI is InChI=1S/C23H26N2O4/c1-17-7-3-4-11-21(17)22(18-8-5-10-20(15-18)28-2)24-29-14-13-25-12-6-9-19(16-25)23(26)27/h3-5,7-11,15H,6,12-14,16H2,1-2H3,(H,26,27)/b24-22-. The third-order valence-electron chi connectivity index (χ3n) is 4.90. The number of hydrogen-bond donors (Lipinski definition) is 1. The fourth-order valence-electron chi connectivity index (χ4n) is 3.30. The Morgan fingerprint density at radius 2 is 2.03 bits per heavy atom. The van der Waals surface area contributed by atoms with Gasteiger partial charge in [-0.05, 0) is 31.0 Å². The zero-order valence-electron chi connectivity index (χ0n) is 16.8. The molecule has 2 aromatic rings. The summed E-state index contributed by atoms with van der Waals surface area (Å²) < 4.78 is 5.35. The topological polar surface area (TPSA) is 71.4 Å². The lowest BCUT2D eigenvalue weighted by Gasteiger charge is -2.24. The third-order valence-corrected chi connectivity index (χ3v) is 4.90. The molecule has 3 rings (SSSR count). The van der Waals surface area contributed by atoms with Crippen LogP contribution in [0.15, 0.2) is 65.3 Å². The smallest absolute Gasteiger partial charge is 0.332 e. The highest BCUT2D eigenvalue weighted by Gasteiger charge is 2.17. The lowest BCUT2D eigenvalue weighted by molar-refractivity contribution is -0.133. The highest BCUT2D eigenvalue weighted by Crippen LogP contribution is 2.19. The van der Waals surface area contributed by atoms with Crippen LogP contribution in [-0.2, 0) is 9.63 Å². The van der Waals surface area contributed by atoms with Crippen molar-refractivity contribution in [2.45, 2.75) is 13.3 Å². The molecule has 152 valence electrons. The number of ether oxygens (including phenoxy) is 1. The quantitative estimate of drug-likeness (QED) is 0.422. The SMILES string of the molecule is COc1cccc(/C(=N/OCCN2CCC=C(C(=O)O)C2)c2ccccc2C)c1. The van der Waals surface area contributed by atoms with Crippen LogP contribution in [0.4, 0.5) is 0 Å². The van der Waals surface area contributed by atoms with Crippen molar-refractivity contribution in [1.82, 2.24) is 4.90 Å². The van der Waals surface area contributed by atoms with Gasteiger partial charge in [-0.3, -0.25) is 4.90 Å². The maximum absolute atomic E-state index is 11.2. The molecule has 0 spiro atoms. The molecule has 0 unspecified atom stereocenters. The fraction of sp³-hybridized carbons (Fsp3) is 0.304. The molecule has 0 fully saturated rings. The van der Waals surface area contributed by atoms with E-state index in [1.165, 1.54) is 0 Å². The first-order valence-electron chi connectivity index (χ1n) is 9.63. The number of carboxylic acid groups (broad SMARTS) is 1. The van der Waals surface area contributed by atoms with Gasteiger partial charge in [-0.1, -0.05) is 47.6 Å². The van der Waals surface area contributed by atoms with Gasteiger partial charge in [0.15, 0.2) is 0 Å². The summed E-state index contributed by atoms with van der Waals surface area (Å²) in [5.74, 6) is -0.0985. The number of aryl methyl sites for hydroxylation is 1. The Morgan fingerprint density at radius 3 is 2.79 bits per heavy atom. The summed E-state index contributed by atoms with van der Waals surface area (Å²) in [4.78, 5) is 18.9. The lowest BCUT2D eigenvalue weighted by Crippen LogP contribution is -2.34. The van der Waals surface area contributed by atoms with Crippen LogP contribution in [0, 0.1) is 6.92 Å². The molecule has 0 bridgehead atoms. The minimum Gasteiger partial charge on any atom is -0.497 e. The van der Waals surface area contributed by atoms with Gasteiger partial charge in [0.25, 0.3) is 0 Å². The second-order valence-corrected chi connectivity index (χ2v) is 6.92. The molecule has 1 heterocycles. The van der Waals surface area contributed by atoms with Gasteiger partial charge in [0.1, 0.15) is 18.1 Å². The van der Waals surface area contributed by atoms with Crippen molar-refractivity contribution in [2.24, 2.45) is 5.16 Å². The molecule has 2 aromatic carbocycles. The fourth-order valence-corrected chi connectivity index (χ4v) is 3.30. The summed E-state index contributed by atoms with van der Waals surface area (Å²) in [6.07, 6.45) is 2.53. The van der Waals surface area contributed by atoms with Crippen molar-refractivity contribution < 1.29 is 19.5 Å². The Labute approximate surface area is 171 Å². The van der Waals surface area contributed by atoms with E-state index in [4.69, 9.17) is 14.7 Å². The van der Waals surface area contributed by atoms with Gasteiger partial charge in [0, 0.05) is 36.3 Å². The Bertz CT molecular complexity index is 921. The maximum atomic E-state index is 11.2. The summed E-state index contributed by atoms with van der Waals surface area (Å²) in [5, 5.41) is 13.6. The normalized spacial score (nSPS) is 15.0. The monoisotopic (exact) mass is 394 g/mol. The number of aliphatic carboxylic acids is 1. The molecule has 0 radical (unpaired) electrons. The molecule has 1 N–H and O–H groups in total. The highest BCUT2D eigenvalue weighted by molar-refractivity contribution is 6.13. The molecule has 0 amide bonds. The van der Waals surface area contributed by atoms with Crippen LogP contribution >= 0.6 is 0 Å². The average Bonchev–Trinajstić information content (AvgIpc) is 2.75. The van der Waals surface area contributed by atoms with Crippen LogP contribution in [-0.4, -0.2) is 55.0 Å². The van der Waals surface area contributed by atoms with Crippen LogP contribution in [0.25, 0.3) is 0 Å². The first kappa shape index (κ1) is 20.6. The van der Waals surface area contributed by atoms with Gasteiger partial charge in [-0.2, -0.15) is 0 Å². The van der Waals surface area contributed by atoms with E-state index in [0.717, 1.165) is 41.1 Å². The molecule has 0 aromatic heterocycles. The highest BCUT2D eigenvalue weighted by atomic mass is 16.6. The van der Waals surface area contributed by atoms with Crippen molar-refractivity contribution in [3.05, 3.63) is 76.9 Å². The molecule has 6 nitrogen and oxygen atoms in total. The molecular weight excluding hydrogens is 368 g/mol. The zero-order valence-corrected chi connectivity index (χ0v) is 16.8. The number of carbonyl (C=O) groups is 1. The number of oxime groups is 1. The maximum Gasteiger partial charge on any atom is 0.332 e. The first-order valence-corrected chi connectivity index (χ1v) is 9.63. The van der Waals surface area contributed by atoms with E-state index in [1.807, 2.05) is 55.5 Å². The minimum atomic E-state index is -0.853. The molecule has 6 heteroatoms. The van der Waals surface area contributed by atoms with Gasteiger partial charge >= 0.3 is 5.97 Å². The average molecular weight is 394 g/mol. The van der Waals surface area contributed by atoms with Gasteiger partial charge < -0.3 is 14.7 Å². The van der Waals surface area contributed by atoms with Crippen molar-refractivity contribution in [1.29, 1.82) is 0 Å². The predicted molar refractivity (Wildman–Crippen MR) is 113 cm³/mol. The van der Waals surface area contributed by atoms with Crippen molar-refractivity contribution in [3.63, 3.8) is 0 Å². The Morgan fingerprint density at radius 1 is 1.21 bits per heavy atom. The Hall–Kier alpha value is -3.12.